The lowest BCUT2D eigenvalue weighted by Gasteiger charge is -2.36. The summed E-state index contributed by atoms with van der Waals surface area (Å²) in [5, 5.41) is 15.2. The van der Waals surface area contributed by atoms with Crippen molar-refractivity contribution in [2.45, 2.75) is 43.2 Å². The summed E-state index contributed by atoms with van der Waals surface area (Å²) in [5.74, 6) is -2.01. The number of benzene rings is 4. The van der Waals surface area contributed by atoms with Gasteiger partial charge in [0.05, 0.1) is 10.8 Å². The molecule has 0 saturated carbocycles. The number of rotatable bonds is 15. The van der Waals surface area contributed by atoms with Crippen LogP contribution >= 0.6 is 11.8 Å². The van der Waals surface area contributed by atoms with E-state index < -0.39 is 34.8 Å². The number of nitrogens with one attached hydrogen (secondary N) is 2. The first-order chi connectivity index (χ1) is 21.8. The zero-order valence-electron chi connectivity index (χ0n) is 24.9. The Labute approximate surface area is 267 Å². The van der Waals surface area contributed by atoms with Crippen LogP contribution in [0.1, 0.15) is 42.0 Å². The monoisotopic (exact) mass is 624 g/mol. The standard InChI is InChI=1S/C36H36N2O6S/c1-26(39)31(38-35(43)44-24-27-14-6-2-7-15-27)22-23-33(40)37-32(34(41)42)25-45-36(28-16-8-3-9-17-28,29-18-10-4-11-19-29)30-20-12-5-13-21-30/h2-21,31-32H,22-25H2,1H3,(H,37,40)(H,38,43)(H,41,42)/t31-,32-/m0/s1. The van der Waals surface area contributed by atoms with Crippen LogP contribution in [-0.4, -0.2) is 46.7 Å². The van der Waals surface area contributed by atoms with Crippen molar-refractivity contribution in [2.24, 2.45) is 0 Å². The van der Waals surface area contributed by atoms with Gasteiger partial charge in [-0.2, -0.15) is 0 Å². The lowest BCUT2D eigenvalue weighted by Crippen LogP contribution is -2.45. The molecule has 232 valence electrons. The summed E-state index contributed by atoms with van der Waals surface area (Å²) in [7, 11) is 0. The maximum atomic E-state index is 13.0. The highest BCUT2D eigenvalue weighted by Crippen LogP contribution is 2.48. The Hall–Kier alpha value is -4.89. The molecule has 9 heteroatoms. The highest BCUT2D eigenvalue weighted by molar-refractivity contribution is 8.00. The Morgan fingerprint density at radius 3 is 1.62 bits per heavy atom. The molecule has 0 unspecified atom stereocenters. The number of amides is 2. The van der Waals surface area contributed by atoms with Crippen molar-refractivity contribution in [3.8, 4) is 0 Å². The van der Waals surface area contributed by atoms with E-state index in [0.717, 1.165) is 22.3 Å². The van der Waals surface area contributed by atoms with Crippen LogP contribution in [0.15, 0.2) is 121 Å². The van der Waals surface area contributed by atoms with Gasteiger partial charge in [0.15, 0.2) is 5.78 Å². The number of thioether (sulfide) groups is 1. The zero-order valence-corrected chi connectivity index (χ0v) is 25.7. The van der Waals surface area contributed by atoms with E-state index in [-0.39, 0.29) is 31.0 Å². The van der Waals surface area contributed by atoms with Crippen molar-refractivity contribution in [3.63, 3.8) is 0 Å². The van der Waals surface area contributed by atoms with Gasteiger partial charge >= 0.3 is 12.1 Å². The molecule has 2 amide bonds. The third-order valence-electron chi connectivity index (χ3n) is 7.30. The van der Waals surface area contributed by atoms with Gasteiger partial charge in [-0.3, -0.25) is 9.59 Å². The summed E-state index contributed by atoms with van der Waals surface area (Å²) in [4.78, 5) is 49.9. The number of hydrogen-bond donors (Lipinski definition) is 3. The largest absolute Gasteiger partial charge is 0.480 e. The maximum Gasteiger partial charge on any atom is 0.408 e. The minimum atomic E-state index is -1.21. The Kier molecular flexibility index (Phi) is 11.9. The van der Waals surface area contributed by atoms with E-state index >= 15 is 0 Å². The van der Waals surface area contributed by atoms with Crippen LogP contribution < -0.4 is 10.6 Å². The second-order valence-electron chi connectivity index (χ2n) is 10.5. The zero-order chi connectivity index (χ0) is 32.1. The SMILES string of the molecule is CC(=O)[C@H](CCC(=O)N[C@@H](CSC(c1ccccc1)(c1ccccc1)c1ccccc1)C(=O)O)NC(=O)OCc1ccccc1. The number of aliphatic carboxylic acids is 1. The Morgan fingerprint density at radius 2 is 1.18 bits per heavy atom. The average Bonchev–Trinajstić information content (AvgIpc) is 3.07. The van der Waals surface area contributed by atoms with Crippen LogP contribution in [-0.2, 0) is 30.5 Å². The van der Waals surface area contributed by atoms with Crippen molar-refractivity contribution in [2.75, 3.05) is 5.75 Å². The fraction of sp³-hybridized carbons (Fsp3) is 0.222. The number of ether oxygens (including phenoxy) is 1. The molecule has 4 aromatic carbocycles. The molecule has 4 rings (SSSR count). The van der Waals surface area contributed by atoms with Crippen molar-refractivity contribution >= 4 is 35.5 Å². The molecule has 0 spiro atoms. The maximum absolute atomic E-state index is 13.0. The Balaban J connectivity index is 1.45. The minimum absolute atomic E-state index is 0.0108. The molecule has 0 aromatic heterocycles. The molecule has 0 fully saturated rings. The van der Waals surface area contributed by atoms with Gasteiger partial charge in [-0.1, -0.05) is 121 Å². The van der Waals surface area contributed by atoms with Gasteiger partial charge < -0.3 is 20.5 Å². The van der Waals surface area contributed by atoms with Crippen LogP contribution in [0.25, 0.3) is 0 Å². The van der Waals surface area contributed by atoms with Gasteiger partial charge in [-0.25, -0.2) is 9.59 Å². The summed E-state index contributed by atoms with van der Waals surface area (Å²) in [6.07, 6.45) is -0.958. The fourth-order valence-corrected chi connectivity index (χ4v) is 6.53. The quantitative estimate of drug-likeness (QED) is 0.140. The molecule has 0 bridgehead atoms. The fourth-order valence-electron chi connectivity index (χ4n) is 4.98. The number of ketones is 1. The molecular formula is C36H36N2O6S. The van der Waals surface area contributed by atoms with Crippen molar-refractivity contribution < 1.29 is 29.0 Å². The van der Waals surface area contributed by atoms with Crippen molar-refractivity contribution in [1.82, 2.24) is 10.6 Å². The van der Waals surface area contributed by atoms with E-state index in [1.807, 2.05) is 109 Å². The molecule has 45 heavy (non-hydrogen) atoms. The minimum Gasteiger partial charge on any atom is -0.480 e. The van der Waals surface area contributed by atoms with Crippen molar-refractivity contribution in [1.29, 1.82) is 0 Å². The Bertz CT molecular complexity index is 1460. The number of carboxylic acid groups (broad SMARTS) is 1. The molecule has 0 heterocycles. The van der Waals surface area contributed by atoms with Gasteiger partial charge in [0.2, 0.25) is 5.91 Å². The number of hydrogen-bond acceptors (Lipinski definition) is 6. The third-order valence-corrected chi connectivity index (χ3v) is 8.94. The number of Topliss-reactive ketones (excluding diaryl/α,β-unsaturated/α-hetero) is 1. The first kappa shape index (κ1) is 33.0. The van der Waals surface area contributed by atoms with Gasteiger partial charge in [0.1, 0.15) is 12.6 Å². The molecule has 8 nitrogen and oxygen atoms in total. The topological polar surface area (TPSA) is 122 Å². The molecule has 0 radical (unpaired) electrons. The second-order valence-corrected chi connectivity index (χ2v) is 11.7. The summed E-state index contributed by atoms with van der Waals surface area (Å²) >= 11 is 1.42. The molecule has 4 aromatic rings. The number of carbonyl (C=O) groups excluding carboxylic acids is 3. The summed E-state index contributed by atoms with van der Waals surface area (Å²) in [6.45, 7) is 1.35. The van der Waals surface area contributed by atoms with Crippen LogP contribution in [0.4, 0.5) is 4.79 Å². The number of carbonyl (C=O) groups is 4. The second kappa shape index (κ2) is 16.3. The molecule has 0 aliphatic heterocycles. The predicted octanol–water partition coefficient (Wildman–Crippen LogP) is 5.95. The first-order valence-corrected chi connectivity index (χ1v) is 15.6. The van der Waals surface area contributed by atoms with E-state index in [2.05, 4.69) is 10.6 Å². The van der Waals surface area contributed by atoms with Crippen LogP contribution in [0.2, 0.25) is 0 Å². The summed E-state index contributed by atoms with van der Waals surface area (Å²) in [5.41, 5.74) is 3.70. The summed E-state index contributed by atoms with van der Waals surface area (Å²) in [6, 6.07) is 36.5. The van der Waals surface area contributed by atoms with Crippen molar-refractivity contribution in [3.05, 3.63) is 144 Å². The molecule has 2 atom stereocenters. The average molecular weight is 625 g/mol. The smallest absolute Gasteiger partial charge is 0.408 e. The first-order valence-electron chi connectivity index (χ1n) is 14.6. The van der Waals surface area contributed by atoms with E-state index in [0.29, 0.717) is 0 Å². The van der Waals surface area contributed by atoms with E-state index in [9.17, 15) is 24.3 Å². The molecule has 0 aliphatic rings. The summed E-state index contributed by atoms with van der Waals surface area (Å²) < 4.78 is 4.44. The molecule has 0 saturated heterocycles. The van der Waals surface area contributed by atoms with E-state index in [4.69, 9.17) is 4.74 Å². The third kappa shape index (κ3) is 9.06. The number of carboxylic acids is 1. The lowest BCUT2D eigenvalue weighted by atomic mass is 9.84. The van der Waals surface area contributed by atoms with Crippen LogP contribution in [0.5, 0.6) is 0 Å². The molecular weight excluding hydrogens is 588 g/mol. The highest BCUT2D eigenvalue weighted by atomic mass is 32.2. The molecule has 3 N–H and O–H groups in total. The van der Waals surface area contributed by atoms with Crippen LogP contribution in [0, 0.1) is 0 Å². The lowest BCUT2D eigenvalue weighted by molar-refractivity contribution is -0.141. The van der Waals surface area contributed by atoms with Gasteiger partial charge in [0, 0.05) is 12.2 Å². The van der Waals surface area contributed by atoms with Gasteiger partial charge in [-0.15, -0.1) is 11.8 Å². The molecule has 0 aliphatic carbocycles. The number of alkyl carbamates (subject to hydrolysis) is 1. The van der Waals surface area contributed by atoms with Crippen LogP contribution in [0.3, 0.4) is 0 Å². The normalized spacial score (nSPS) is 12.4. The highest BCUT2D eigenvalue weighted by Gasteiger charge is 2.38. The Morgan fingerprint density at radius 1 is 0.711 bits per heavy atom. The predicted molar refractivity (Wildman–Crippen MR) is 175 cm³/mol. The van der Waals surface area contributed by atoms with Gasteiger partial charge in [0.25, 0.3) is 0 Å². The van der Waals surface area contributed by atoms with E-state index in [1.54, 1.807) is 12.1 Å². The van der Waals surface area contributed by atoms with E-state index in [1.165, 1.54) is 18.7 Å². The van der Waals surface area contributed by atoms with Gasteiger partial charge in [-0.05, 0) is 35.6 Å².